The lowest BCUT2D eigenvalue weighted by molar-refractivity contribution is -0.142. The van der Waals surface area contributed by atoms with E-state index in [-0.39, 0.29) is 24.5 Å². The molecule has 0 aromatic heterocycles. The average molecular weight is 489 g/mol. The number of hydrogen-bond acceptors (Lipinski definition) is 3. The average Bonchev–Trinajstić information content (AvgIpc) is 2.75. The van der Waals surface area contributed by atoms with E-state index < -0.39 is 6.04 Å². The van der Waals surface area contributed by atoms with Crippen molar-refractivity contribution < 1.29 is 14.3 Å². The predicted molar refractivity (Wildman–Crippen MR) is 128 cm³/mol. The zero-order valence-electron chi connectivity index (χ0n) is 18.9. The molecular formula is C25H33BrN2O3. The van der Waals surface area contributed by atoms with Crippen molar-refractivity contribution in [2.24, 2.45) is 0 Å². The number of ether oxygens (including phenoxy) is 1. The normalized spacial score (nSPS) is 11.8. The molecule has 2 amide bonds. The molecule has 2 aromatic rings. The largest absolute Gasteiger partial charge is 0.483 e. The molecule has 168 valence electrons. The van der Waals surface area contributed by atoms with Gasteiger partial charge in [-0.1, -0.05) is 50.2 Å². The molecule has 1 atom stereocenters. The highest BCUT2D eigenvalue weighted by Crippen LogP contribution is 2.26. The number of nitrogens with one attached hydrogen (secondary N) is 1. The minimum Gasteiger partial charge on any atom is -0.483 e. The van der Waals surface area contributed by atoms with Crippen molar-refractivity contribution in [3.63, 3.8) is 0 Å². The second-order valence-corrected chi connectivity index (χ2v) is 8.67. The summed E-state index contributed by atoms with van der Waals surface area (Å²) >= 11 is 3.52. The zero-order chi connectivity index (χ0) is 22.8. The summed E-state index contributed by atoms with van der Waals surface area (Å²) in [6.45, 7) is 8.18. The van der Waals surface area contributed by atoms with E-state index in [9.17, 15) is 9.59 Å². The molecular weight excluding hydrogens is 456 g/mol. The number of benzene rings is 2. The first-order valence-corrected chi connectivity index (χ1v) is 11.7. The van der Waals surface area contributed by atoms with Gasteiger partial charge in [0.1, 0.15) is 11.8 Å². The molecule has 0 spiro atoms. The molecule has 5 nitrogen and oxygen atoms in total. The standard InChI is InChI=1S/C25H33BrN2O3/c1-5-19-12-13-23(21(26)16-19)31-17-24(29)28(15-14-20-10-8-7-9-11-20)22(6-2)25(30)27-18(3)4/h7-13,16,18,22H,5-6,14-15,17H2,1-4H3,(H,27,30). The first kappa shape index (κ1) is 24.9. The number of rotatable bonds is 11. The van der Waals surface area contributed by atoms with Crippen LogP contribution < -0.4 is 10.1 Å². The molecule has 6 heteroatoms. The maximum Gasteiger partial charge on any atom is 0.261 e. The van der Waals surface area contributed by atoms with E-state index >= 15 is 0 Å². The van der Waals surface area contributed by atoms with Crippen molar-refractivity contribution in [1.82, 2.24) is 10.2 Å². The van der Waals surface area contributed by atoms with Crippen LogP contribution in [-0.2, 0) is 22.4 Å². The molecule has 0 heterocycles. The van der Waals surface area contributed by atoms with E-state index in [4.69, 9.17) is 4.74 Å². The fourth-order valence-corrected chi connectivity index (χ4v) is 3.92. The van der Waals surface area contributed by atoms with Crippen LogP contribution in [0.15, 0.2) is 53.0 Å². The van der Waals surface area contributed by atoms with Gasteiger partial charge in [0, 0.05) is 12.6 Å². The van der Waals surface area contributed by atoms with Gasteiger partial charge in [0.25, 0.3) is 5.91 Å². The van der Waals surface area contributed by atoms with E-state index in [1.165, 1.54) is 5.56 Å². The molecule has 0 aliphatic heterocycles. The van der Waals surface area contributed by atoms with Gasteiger partial charge in [-0.15, -0.1) is 0 Å². The third-order valence-corrected chi connectivity index (χ3v) is 5.68. The van der Waals surface area contributed by atoms with Crippen molar-refractivity contribution in [3.05, 3.63) is 64.1 Å². The van der Waals surface area contributed by atoms with Crippen LogP contribution in [0.25, 0.3) is 0 Å². The molecule has 0 radical (unpaired) electrons. The van der Waals surface area contributed by atoms with Crippen LogP contribution in [0.5, 0.6) is 5.75 Å². The molecule has 0 aliphatic carbocycles. The van der Waals surface area contributed by atoms with Gasteiger partial charge >= 0.3 is 0 Å². The Kier molecular flexibility index (Phi) is 10.0. The summed E-state index contributed by atoms with van der Waals surface area (Å²) < 4.78 is 6.64. The van der Waals surface area contributed by atoms with Crippen molar-refractivity contribution in [2.45, 2.75) is 59.0 Å². The van der Waals surface area contributed by atoms with Crippen molar-refractivity contribution in [2.75, 3.05) is 13.2 Å². The van der Waals surface area contributed by atoms with Crippen LogP contribution in [-0.4, -0.2) is 41.9 Å². The van der Waals surface area contributed by atoms with Crippen LogP contribution >= 0.6 is 15.9 Å². The molecule has 0 fully saturated rings. The topological polar surface area (TPSA) is 58.6 Å². The van der Waals surface area contributed by atoms with Gasteiger partial charge in [-0.25, -0.2) is 0 Å². The summed E-state index contributed by atoms with van der Waals surface area (Å²) in [5.41, 5.74) is 2.31. The van der Waals surface area contributed by atoms with E-state index in [1.54, 1.807) is 4.90 Å². The van der Waals surface area contributed by atoms with E-state index in [0.29, 0.717) is 25.1 Å². The minimum atomic E-state index is -0.534. The number of aryl methyl sites for hydroxylation is 1. The molecule has 1 unspecified atom stereocenters. The van der Waals surface area contributed by atoms with Gasteiger partial charge < -0.3 is 15.0 Å². The Morgan fingerprint density at radius 3 is 2.35 bits per heavy atom. The predicted octanol–water partition coefficient (Wildman–Crippen LogP) is 4.76. The highest BCUT2D eigenvalue weighted by Gasteiger charge is 2.29. The lowest BCUT2D eigenvalue weighted by Gasteiger charge is -2.31. The van der Waals surface area contributed by atoms with Gasteiger partial charge in [0.05, 0.1) is 4.47 Å². The van der Waals surface area contributed by atoms with E-state index in [1.807, 2.05) is 69.3 Å². The Bertz CT molecular complexity index is 855. The van der Waals surface area contributed by atoms with Crippen LogP contribution in [0.1, 0.15) is 45.2 Å². The summed E-state index contributed by atoms with van der Waals surface area (Å²) in [4.78, 5) is 27.6. The Morgan fingerprint density at radius 2 is 1.77 bits per heavy atom. The summed E-state index contributed by atoms with van der Waals surface area (Å²) in [6.07, 6.45) is 2.13. The molecule has 1 N–H and O–H groups in total. The van der Waals surface area contributed by atoms with Gasteiger partial charge in [-0.05, 0) is 72.3 Å². The number of halogens is 1. The Hall–Kier alpha value is -2.34. The van der Waals surface area contributed by atoms with Crippen molar-refractivity contribution >= 4 is 27.7 Å². The summed E-state index contributed by atoms with van der Waals surface area (Å²) in [5.74, 6) is 0.286. The lowest BCUT2D eigenvalue weighted by atomic mass is 10.1. The summed E-state index contributed by atoms with van der Waals surface area (Å²) in [6, 6.07) is 15.3. The second-order valence-electron chi connectivity index (χ2n) is 7.82. The third kappa shape index (κ3) is 7.69. The molecule has 31 heavy (non-hydrogen) atoms. The second kappa shape index (κ2) is 12.5. The van der Waals surface area contributed by atoms with E-state index in [2.05, 4.69) is 28.2 Å². The van der Waals surface area contributed by atoms with E-state index in [0.717, 1.165) is 16.5 Å². The maximum absolute atomic E-state index is 13.2. The summed E-state index contributed by atoms with van der Waals surface area (Å²) in [7, 11) is 0. The molecule has 0 saturated heterocycles. The van der Waals surface area contributed by atoms with Crippen molar-refractivity contribution in [1.29, 1.82) is 0 Å². The lowest BCUT2D eigenvalue weighted by Crippen LogP contribution is -2.52. The minimum absolute atomic E-state index is 0.0110. The monoisotopic (exact) mass is 488 g/mol. The van der Waals surface area contributed by atoms with Gasteiger partial charge in [0.2, 0.25) is 5.91 Å². The van der Waals surface area contributed by atoms with Crippen LogP contribution in [0.4, 0.5) is 0 Å². The molecule has 0 saturated carbocycles. The molecule has 0 bridgehead atoms. The SMILES string of the molecule is CCc1ccc(OCC(=O)N(CCc2ccccc2)C(CC)C(=O)NC(C)C)c(Br)c1. The zero-order valence-corrected chi connectivity index (χ0v) is 20.4. The Labute approximate surface area is 194 Å². The number of nitrogens with zero attached hydrogens (tertiary/aromatic N) is 1. The summed E-state index contributed by atoms with van der Waals surface area (Å²) in [5, 5.41) is 2.94. The number of carbonyl (C=O) groups excluding carboxylic acids is 2. The highest BCUT2D eigenvalue weighted by molar-refractivity contribution is 9.10. The van der Waals surface area contributed by atoms with Gasteiger partial charge in [0.15, 0.2) is 6.61 Å². The first-order valence-electron chi connectivity index (χ1n) is 10.9. The molecule has 2 rings (SSSR count). The molecule has 2 aromatic carbocycles. The quantitative estimate of drug-likeness (QED) is 0.495. The number of amides is 2. The van der Waals surface area contributed by atoms with Crippen LogP contribution in [0, 0.1) is 0 Å². The highest BCUT2D eigenvalue weighted by atomic mass is 79.9. The Morgan fingerprint density at radius 1 is 1.06 bits per heavy atom. The maximum atomic E-state index is 13.2. The third-order valence-electron chi connectivity index (χ3n) is 5.06. The van der Waals surface area contributed by atoms with Gasteiger partial charge in [-0.3, -0.25) is 9.59 Å². The smallest absolute Gasteiger partial charge is 0.261 e. The first-order chi connectivity index (χ1) is 14.8. The van der Waals surface area contributed by atoms with Crippen LogP contribution in [0.2, 0.25) is 0 Å². The van der Waals surface area contributed by atoms with Gasteiger partial charge in [-0.2, -0.15) is 0 Å². The van der Waals surface area contributed by atoms with Crippen molar-refractivity contribution in [3.8, 4) is 5.75 Å². The number of hydrogen-bond donors (Lipinski definition) is 1. The fraction of sp³-hybridized carbons (Fsp3) is 0.440. The Balaban J connectivity index is 2.14. The van der Waals surface area contributed by atoms with Crippen LogP contribution in [0.3, 0.4) is 0 Å². The number of carbonyl (C=O) groups is 2. The molecule has 0 aliphatic rings. The fourth-order valence-electron chi connectivity index (χ4n) is 3.38.